The molecule has 4 nitrogen and oxygen atoms in total. The Kier molecular flexibility index (Phi) is 5.43. The van der Waals surface area contributed by atoms with E-state index < -0.39 is 23.4 Å². The van der Waals surface area contributed by atoms with Crippen LogP contribution in [0, 0.1) is 11.6 Å². The molecule has 2 aromatic rings. The number of hydrazine groups is 1. The standard InChI is InChI=1S/C16H11ClF2N2O2/c17-13-2-1-3-14(19)12(13)8-9-15(22)20-21-16(23)10-4-6-11(18)7-5-10/h1-9H,(H,20,22)(H,21,23)/b9-8+. The van der Waals surface area contributed by atoms with Crippen LogP contribution in [0.15, 0.2) is 48.5 Å². The van der Waals surface area contributed by atoms with E-state index in [1.807, 2.05) is 0 Å². The van der Waals surface area contributed by atoms with Crippen molar-refractivity contribution in [3.63, 3.8) is 0 Å². The van der Waals surface area contributed by atoms with Gasteiger partial charge >= 0.3 is 0 Å². The summed E-state index contributed by atoms with van der Waals surface area (Å²) in [5, 5.41) is 0.157. The van der Waals surface area contributed by atoms with Gasteiger partial charge in [-0.05, 0) is 42.5 Å². The molecule has 0 aliphatic heterocycles. The molecule has 0 aliphatic rings. The van der Waals surface area contributed by atoms with Crippen molar-refractivity contribution in [2.75, 3.05) is 0 Å². The number of rotatable bonds is 3. The Bertz CT molecular complexity index is 741. The third kappa shape index (κ3) is 4.62. The summed E-state index contributed by atoms with van der Waals surface area (Å²) >= 11 is 5.81. The van der Waals surface area contributed by atoms with E-state index in [2.05, 4.69) is 10.9 Å². The molecule has 0 unspecified atom stereocenters. The van der Waals surface area contributed by atoms with Crippen molar-refractivity contribution in [3.05, 3.63) is 76.3 Å². The van der Waals surface area contributed by atoms with Crippen molar-refractivity contribution in [2.24, 2.45) is 0 Å². The number of nitrogens with one attached hydrogen (secondary N) is 2. The zero-order valence-electron chi connectivity index (χ0n) is 11.6. The Labute approximate surface area is 135 Å². The molecule has 0 saturated carbocycles. The van der Waals surface area contributed by atoms with Crippen molar-refractivity contribution < 1.29 is 18.4 Å². The maximum absolute atomic E-state index is 13.5. The summed E-state index contributed by atoms with van der Waals surface area (Å²) < 4.78 is 26.2. The molecule has 23 heavy (non-hydrogen) atoms. The topological polar surface area (TPSA) is 58.2 Å². The van der Waals surface area contributed by atoms with Gasteiger partial charge in [-0.3, -0.25) is 20.4 Å². The van der Waals surface area contributed by atoms with Crippen LogP contribution in [-0.2, 0) is 4.79 Å². The van der Waals surface area contributed by atoms with E-state index in [9.17, 15) is 18.4 Å². The monoisotopic (exact) mass is 336 g/mol. The third-order valence-corrected chi connectivity index (χ3v) is 3.14. The lowest BCUT2D eigenvalue weighted by atomic mass is 10.2. The highest BCUT2D eigenvalue weighted by atomic mass is 35.5. The fraction of sp³-hybridized carbons (Fsp3) is 0. The first kappa shape index (κ1) is 16.6. The van der Waals surface area contributed by atoms with Gasteiger partial charge in [0.15, 0.2) is 0 Å². The molecule has 118 valence electrons. The summed E-state index contributed by atoms with van der Waals surface area (Å²) in [6.07, 6.45) is 2.21. The highest BCUT2D eigenvalue weighted by molar-refractivity contribution is 6.32. The Morgan fingerprint density at radius 3 is 2.35 bits per heavy atom. The number of carbonyl (C=O) groups is 2. The molecule has 0 bridgehead atoms. The van der Waals surface area contributed by atoms with Crippen LogP contribution in [-0.4, -0.2) is 11.8 Å². The smallest absolute Gasteiger partial charge is 0.268 e. The minimum absolute atomic E-state index is 0.0641. The zero-order valence-corrected chi connectivity index (χ0v) is 12.4. The van der Waals surface area contributed by atoms with Crippen LogP contribution in [0.3, 0.4) is 0 Å². The molecule has 2 N–H and O–H groups in total. The first-order chi connectivity index (χ1) is 11.0. The predicted molar refractivity (Wildman–Crippen MR) is 82.5 cm³/mol. The average molecular weight is 337 g/mol. The SMILES string of the molecule is O=C(/C=C/c1c(F)cccc1Cl)NNC(=O)c1ccc(F)cc1. The van der Waals surface area contributed by atoms with E-state index in [-0.39, 0.29) is 16.1 Å². The molecule has 0 spiro atoms. The highest BCUT2D eigenvalue weighted by Gasteiger charge is 2.07. The first-order valence-electron chi connectivity index (χ1n) is 6.45. The van der Waals surface area contributed by atoms with Crippen LogP contribution in [0.5, 0.6) is 0 Å². The molecule has 7 heteroatoms. The average Bonchev–Trinajstić information content (AvgIpc) is 2.53. The highest BCUT2D eigenvalue weighted by Crippen LogP contribution is 2.20. The van der Waals surface area contributed by atoms with Crippen LogP contribution >= 0.6 is 11.6 Å². The van der Waals surface area contributed by atoms with Crippen LogP contribution in [0.25, 0.3) is 6.08 Å². The molecule has 0 saturated heterocycles. The number of halogens is 3. The van der Waals surface area contributed by atoms with Gasteiger partial charge in [0.05, 0.1) is 5.02 Å². The molecule has 0 radical (unpaired) electrons. The molecular weight excluding hydrogens is 326 g/mol. The van der Waals surface area contributed by atoms with Crippen LogP contribution in [0.4, 0.5) is 8.78 Å². The van der Waals surface area contributed by atoms with Crippen LogP contribution in [0.1, 0.15) is 15.9 Å². The van der Waals surface area contributed by atoms with Crippen molar-refractivity contribution in [2.45, 2.75) is 0 Å². The molecule has 0 fully saturated rings. The lowest BCUT2D eigenvalue weighted by molar-refractivity contribution is -0.117. The van der Waals surface area contributed by atoms with Crippen molar-refractivity contribution >= 4 is 29.5 Å². The van der Waals surface area contributed by atoms with E-state index in [0.717, 1.165) is 18.2 Å². The lowest BCUT2D eigenvalue weighted by Gasteiger charge is -2.05. The van der Waals surface area contributed by atoms with E-state index in [4.69, 9.17) is 11.6 Å². The van der Waals surface area contributed by atoms with Gasteiger partial charge in [-0.15, -0.1) is 0 Å². The Morgan fingerprint density at radius 1 is 1.00 bits per heavy atom. The molecule has 0 atom stereocenters. The van der Waals surface area contributed by atoms with Gasteiger partial charge in [0, 0.05) is 17.2 Å². The zero-order chi connectivity index (χ0) is 16.8. The normalized spacial score (nSPS) is 10.6. The maximum atomic E-state index is 13.5. The summed E-state index contributed by atoms with van der Waals surface area (Å²) in [5.74, 6) is -2.34. The molecule has 0 aliphatic carbocycles. The molecule has 2 amide bonds. The second-order valence-electron chi connectivity index (χ2n) is 4.42. The van der Waals surface area contributed by atoms with E-state index in [0.29, 0.717) is 0 Å². The fourth-order valence-electron chi connectivity index (χ4n) is 1.66. The first-order valence-corrected chi connectivity index (χ1v) is 6.83. The molecule has 2 aromatic carbocycles. The fourth-order valence-corrected chi connectivity index (χ4v) is 1.89. The largest absolute Gasteiger partial charge is 0.269 e. The third-order valence-electron chi connectivity index (χ3n) is 2.81. The van der Waals surface area contributed by atoms with Crippen LogP contribution in [0.2, 0.25) is 5.02 Å². The summed E-state index contributed by atoms with van der Waals surface area (Å²) in [6.45, 7) is 0. The number of benzene rings is 2. The summed E-state index contributed by atoms with van der Waals surface area (Å²) in [6, 6.07) is 8.92. The van der Waals surface area contributed by atoms with Gasteiger partial charge in [-0.25, -0.2) is 8.78 Å². The van der Waals surface area contributed by atoms with Crippen molar-refractivity contribution in [1.29, 1.82) is 0 Å². The second-order valence-corrected chi connectivity index (χ2v) is 4.83. The van der Waals surface area contributed by atoms with Gasteiger partial charge in [0.25, 0.3) is 11.8 Å². The molecule has 0 aromatic heterocycles. The number of hydrogen-bond donors (Lipinski definition) is 2. The van der Waals surface area contributed by atoms with Gasteiger partial charge in [0.1, 0.15) is 11.6 Å². The van der Waals surface area contributed by atoms with E-state index in [1.165, 1.54) is 36.4 Å². The Balaban J connectivity index is 1.93. The summed E-state index contributed by atoms with van der Waals surface area (Å²) in [4.78, 5) is 23.3. The number of hydrogen-bond acceptors (Lipinski definition) is 2. The quantitative estimate of drug-likeness (QED) is 0.668. The van der Waals surface area contributed by atoms with Gasteiger partial charge in [0.2, 0.25) is 0 Å². The summed E-state index contributed by atoms with van der Waals surface area (Å²) in [5.41, 5.74) is 4.50. The minimum Gasteiger partial charge on any atom is -0.268 e. The molecule has 0 heterocycles. The van der Waals surface area contributed by atoms with Crippen molar-refractivity contribution in [3.8, 4) is 0 Å². The van der Waals surface area contributed by atoms with Crippen LogP contribution < -0.4 is 10.9 Å². The second kappa shape index (κ2) is 7.51. The summed E-state index contributed by atoms with van der Waals surface area (Å²) in [7, 11) is 0. The molecular formula is C16H11ClF2N2O2. The predicted octanol–water partition coefficient (Wildman–Crippen LogP) is 3.09. The molecule has 2 rings (SSSR count). The number of carbonyl (C=O) groups excluding carboxylic acids is 2. The number of amides is 2. The Hall–Kier alpha value is -2.73. The maximum Gasteiger partial charge on any atom is 0.269 e. The van der Waals surface area contributed by atoms with E-state index >= 15 is 0 Å². The van der Waals surface area contributed by atoms with Gasteiger partial charge in [-0.2, -0.15) is 0 Å². The van der Waals surface area contributed by atoms with Crippen molar-refractivity contribution in [1.82, 2.24) is 10.9 Å². The van der Waals surface area contributed by atoms with Gasteiger partial charge < -0.3 is 0 Å². The van der Waals surface area contributed by atoms with E-state index in [1.54, 1.807) is 0 Å². The lowest BCUT2D eigenvalue weighted by Crippen LogP contribution is -2.40. The Morgan fingerprint density at radius 2 is 1.70 bits per heavy atom. The minimum atomic E-state index is -0.681. The van der Waals surface area contributed by atoms with Gasteiger partial charge in [-0.1, -0.05) is 17.7 Å².